The van der Waals surface area contributed by atoms with E-state index in [0.717, 1.165) is 5.69 Å². The summed E-state index contributed by atoms with van der Waals surface area (Å²) in [5, 5.41) is 7.65. The van der Waals surface area contributed by atoms with E-state index < -0.39 is 0 Å². The van der Waals surface area contributed by atoms with Gasteiger partial charge in [0.1, 0.15) is 0 Å². The Bertz CT molecular complexity index is 3640. The van der Waals surface area contributed by atoms with Crippen LogP contribution in [0.25, 0.3) is 105 Å². The van der Waals surface area contributed by atoms with Gasteiger partial charge in [-0.25, -0.2) is 0 Å². The van der Waals surface area contributed by atoms with Crippen LogP contribution in [0.2, 0.25) is 0 Å². The maximum atomic E-state index is 2.45. The number of hydrogen-bond acceptors (Lipinski definition) is 1. The molecular weight excluding hydrogens is 723 g/mol. The van der Waals surface area contributed by atoms with Crippen LogP contribution in [0.15, 0.2) is 210 Å². The van der Waals surface area contributed by atoms with E-state index in [0.29, 0.717) is 0 Å². The van der Waals surface area contributed by atoms with Gasteiger partial charge in [-0.1, -0.05) is 127 Å². The van der Waals surface area contributed by atoms with Crippen molar-refractivity contribution in [1.82, 2.24) is 13.7 Å². The number of para-hydroxylation sites is 5. The second-order valence-corrected chi connectivity index (χ2v) is 16.4. The summed E-state index contributed by atoms with van der Waals surface area (Å²) in [4.78, 5) is 2.58. The first kappa shape index (κ1) is 31.9. The first-order valence-corrected chi connectivity index (χ1v) is 20.7. The highest BCUT2D eigenvalue weighted by Crippen LogP contribution is 2.48. The summed E-state index contributed by atoms with van der Waals surface area (Å²) in [5.74, 6) is 0. The van der Waals surface area contributed by atoms with E-state index >= 15 is 0 Å². The van der Waals surface area contributed by atoms with Gasteiger partial charge in [0.05, 0.1) is 38.8 Å². The molecule has 3 aromatic heterocycles. The summed E-state index contributed by atoms with van der Waals surface area (Å²) in [7, 11) is 0. The van der Waals surface area contributed by atoms with Crippen LogP contribution in [0, 0.1) is 0 Å². The molecule has 0 atom stereocenters. The first-order chi connectivity index (χ1) is 28.8. The van der Waals surface area contributed by atoms with Crippen molar-refractivity contribution in [2.75, 3.05) is 0 Å². The lowest BCUT2D eigenvalue weighted by molar-refractivity contribution is 1.09. The fourth-order valence-corrected chi connectivity index (χ4v) is 10.8. The Morgan fingerprint density at radius 3 is 1.38 bits per heavy atom. The molecule has 1 aliphatic heterocycles. The van der Waals surface area contributed by atoms with Crippen LogP contribution in [0.4, 0.5) is 0 Å². The van der Waals surface area contributed by atoms with E-state index in [-0.39, 0.29) is 0 Å². The van der Waals surface area contributed by atoms with Gasteiger partial charge in [-0.3, -0.25) is 0 Å². The number of hydrogen-bond donors (Lipinski definition) is 0. The average Bonchev–Trinajstić information content (AvgIpc) is 3.93. The molecule has 0 fully saturated rings. The molecule has 270 valence electrons. The van der Waals surface area contributed by atoms with Crippen LogP contribution < -0.4 is 0 Å². The molecule has 58 heavy (non-hydrogen) atoms. The zero-order chi connectivity index (χ0) is 37.9. The molecule has 0 amide bonds. The lowest BCUT2D eigenvalue weighted by Crippen LogP contribution is -2.01. The zero-order valence-corrected chi connectivity index (χ0v) is 32.1. The van der Waals surface area contributed by atoms with E-state index in [1.54, 1.807) is 0 Å². The van der Waals surface area contributed by atoms with Crippen LogP contribution in [0.1, 0.15) is 0 Å². The zero-order valence-electron chi connectivity index (χ0n) is 31.3. The summed E-state index contributed by atoms with van der Waals surface area (Å²) < 4.78 is 7.24. The Morgan fingerprint density at radius 2 is 0.741 bits per heavy atom. The molecule has 0 bridgehead atoms. The SMILES string of the molecule is c1ccc(-n2c3ccccc3c3cc(-c4ccc5c(c4)c4ccccc4n5-c4ccc(-c5ccc6c(c5)Sc5cccc7c8ccccc8n-6c57)cc4)ccc32)cc1. The van der Waals surface area contributed by atoms with Crippen LogP contribution in [-0.2, 0) is 0 Å². The van der Waals surface area contributed by atoms with Crippen molar-refractivity contribution in [3.63, 3.8) is 0 Å². The maximum absolute atomic E-state index is 2.45. The summed E-state index contributed by atoms with van der Waals surface area (Å²) in [6, 6.07) is 73.6. The largest absolute Gasteiger partial charge is 0.309 e. The fourth-order valence-electron chi connectivity index (χ4n) is 9.64. The maximum Gasteiger partial charge on any atom is 0.0681 e. The van der Waals surface area contributed by atoms with Crippen molar-refractivity contribution in [3.8, 4) is 39.3 Å². The summed E-state index contributed by atoms with van der Waals surface area (Å²) in [6.07, 6.45) is 0. The molecule has 0 saturated carbocycles. The molecule has 1 aliphatic rings. The van der Waals surface area contributed by atoms with Crippen molar-refractivity contribution in [2.45, 2.75) is 9.79 Å². The number of rotatable bonds is 4. The van der Waals surface area contributed by atoms with E-state index in [2.05, 4.69) is 214 Å². The Morgan fingerprint density at radius 1 is 0.276 bits per heavy atom. The summed E-state index contributed by atoms with van der Waals surface area (Å²) in [6.45, 7) is 0. The Hall–Kier alpha value is -7.27. The first-order valence-electron chi connectivity index (χ1n) is 19.8. The monoisotopic (exact) mass is 755 g/mol. The highest BCUT2D eigenvalue weighted by molar-refractivity contribution is 7.99. The van der Waals surface area contributed by atoms with Crippen LogP contribution in [0.5, 0.6) is 0 Å². The molecule has 4 heterocycles. The van der Waals surface area contributed by atoms with E-state index in [4.69, 9.17) is 0 Å². The van der Waals surface area contributed by atoms with Gasteiger partial charge in [0.2, 0.25) is 0 Å². The highest BCUT2D eigenvalue weighted by atomic mass is 32.2. The minimum Gasteiger partial charge on any atom is -0.309 e. The van der Waals surface area contributed by atoms with E-state index in [1.165, 1.54) is 109 Å². The number of fused-ring (bicyclic) bond motifs is 11. The van der Waals surface area contributed by atoms with Gasteiger partial charge in [0.25, 0.3) is 0 Å². The molecule has 0 aliphatic carbocycles. The van der Waals surface area contributed by atoms with E-state index in [9.17, 15) is 0 Å². The minimum absolute atomic E-state index is 1.15. The van der Waals surface area contributed by atoms with Gasteiger partial charge in [-0.05, 0) is 107 Å². The van der Waals surface area contributed by atoms with Crippen LogP contribution >= 0.6 is 11.8 Å². The fraction of sp³-hybridized carbons (Fsp3) is 0. The third-order valence-electron chi connectivity index (χ3n) is 12.2. The second-order valence-electron chi connectivity index (χ2n) is 15.3. The van der Waals surface area contributed by atoms with Gasteiger partial charge in [0.15, 0.2) is 0 Å². The predicted molar refractivity (Wildman–Crippen MR) is 244 cm³/mol. The normalized spacial score (nSPS) is 12.4. The van der Waals surface area contributed by atoms with Crippen molar-refractivity contribution in [3.05, 3.63) is 200 Å². The lowest BCUT2D eigenvalue weighted by Gasteiger charge is -2.21. The van der Waals surface area contributed by atoms with Crippen LogP contribution in [-0.4, -0.2) is 13.7 Å². The average molecular weight is 756 g/mol. The molecule has 13 rings (SSSR count). The van der Waals surface area contributed by atoms with Gasteiger partial charge < -0.3 is 13.7 Å². The number of aromatic nitrogens is 3. The Kier molecular flexibility index (Phi) is 6.66. The third-order valence-corrected chi connectivity index (χ3v) is 13.3. The van der Waals surface area contributed by atoms with Gasteiger partial charge in [-0.15, -0.1) is 0 Å². The van der Waals surface area contributed by atoms with Crippen molar-refractivity contribution in [2.24, 2.45) is 0 Å². The van der Waals surface area contributed by atoms with Gasteiger partial charge in [0, 0.05) is 53.5 Å². The Balaban J connectivity index is 0.891. The van der Waals surface area contributed by atoms with Crippen molar-refractivity contribution < 1.29 is 0 Å². The third kappa shape index (κ3) is 4.52. The molecule has 4 heteroatoms. The molecule has 0 spiro atoms. The lowest BCUT2D eigenvalue weighted by atomic mass is 10.0. The molecule has 0 N–H and O–H groups in total. The minimum atomic E-state index is 1.15. The second kappa shape index (κ2) is 12.1. The topological polar surface area (TPSA) is 14.8 Å². The van der Waals surface area contributed by atoms with Crippen molar-refractivity contribution >= 4 is 77.2 Å². The molecular formula is C54H33N3S. The Labute approximate surface area is 338 Å². The number of nitrogens with zero attached hydrogens (tertiary/aromatic N) is 3. The van der Waals surface area contributed by atoms with Crippen molar-refractivity contribution in [1.29, 1.82) is 0 Å². The summed E-state index contributed by atoms with van der Waals surface area (Å²) >= 11 is 1.88. The molecule has 9 aromatic carbocycles. The molecule has 3 nitrogen and oxygen atoms in total. The smallest absolute Gasteiger partial charge is 0.0681 e. The summed E-state index contributed by atoms with van der Waals surface area (Å²) in [5.41, 5.74) is 15.9. The molecule has 0 radical (unpaired) electrons. The van der Waals surface area contributed by atoms with Gasteiger partial charge in [-0.2, -0.15) is 0 Å². The quantitative estimate of drug-likeness (QED) is 0.175. The highest BCUT2D eigenvalue weighted by Gasteiger charge is 2.23. The molecule has 12 aromatic rings. The molecule has 0 saturated heterocycles. The standard InChI is InChI=1S/C54H33N3S/c1-2-11-38(12-3-1)55-46-17-7-5-14-41(46)44-31-35(23-28-49(44)55)36-24-29-50-45(32-36)42-15-6-8-18-47(42)56(50)39-26-21-34(22-27-39)37-25-30-51-53(33-37)58-52-20-10-16-43-40-13-4-9-19-48(40)57(51)54(43)52/h1-33H. The van der Waals surface area contributed by atoms with Gasteiger partial charge >= 0.3 is 0 Å². The number of benzene rings is 9. The van der Waals surface area contributed by atoms with E-state index in [1.807, 2.05) is 11.8 Å². The predicted octanol–water partition coefficient (Wildman–Crippen LogP) is 14.8. The molecule has 0 unspecified atom stereocenters. The van der Waals surface area contributed by atoms with Crippen LogP contribution in [0.3, 0.4) is 0 Å².